The molecule has 0 aliphatic carbocycles. The quantitative estimate of drug-likeness (QED) is 0.673. The fourth-order valence-corrected chi connectivity index (χ4v) is 5.02. The van der Waals surface area contributed by atoms with Gasteiger partial charge in [-0.15, -0.1) is 0 Å². The molecule has 0 spiro atoms. The van der Waals surface area contributed by atoms with E-state index in [4.69, 9.17) is 9.47 Å². The summed E-state index contributed by atoms with van der Waals surface area (Å²) in [7, 11) is -2.03. The molecule has 1 aliphatic heterocycles. The first-order chi connectivity index (χ1) is 14.8. The van der Waals surface area contributed by atoms with Crippen molar-refractivity contribution in [3.8, 4) is 11.5 Å². The van der Waals surface area contributed by atoms with Crippen molar-refractivity contribution >= 4 is 15.9 Å². The van der Waals surface area contributed by atoms with Gasteiger partial charge in [-0.1, -0.05) is 12.1 Å². The van der Waals surface area contributed by atoms with Crippen LogP contribution in [0.1, 0.15) is 32.3 Å². The van der Waals surface area contributed by atoms with Crippen LogP contribution in [0.5, 0.6) is 11.5 Å². The Kier molecular flexibility index (Phi) is 7.56. The van der Waals surface area contributed by atoms with Gasteiger partial charge in [0.2, 0.25) is 15.9 Å². The number of rotatable bonds is 8. The Morgan fingerprint density at radius 2 is 1.61 bits per heavy atom. The highest BCUT2D eigenvalue weighted by molar-refractivity contribution is 7.89. The molecule has 2 aromatic rings. The minimum Gasteiger partial charge on any atom is -0.497 e. The Balaban J connectivity index is 1.50. The van der Waals surface area contributed by atoms with Gasteiger partial charge in [0.1, 0.15) is 11.5 Å². The zero-order valence-corrected chi connectivity index (χ0v) is 19.0. The van der Waals surface area contributed by atoms with Crippen LogP contribution >= 0.6 is 0 Å². The Labute approximate surface area is 184 Å². The van der Waals surface area contributed by atoms with E-state index in [-0.39, 0.29) is 22.8 Å². The molecular formula is C23H30N2O5S. The second-order valence-corrected chi connectivity index (χ2v) is 9.82. The number of ether oxygens (including phenoxy) is 2. The number of benzene rings is 2. The number of hydrogen-bond donors (Lipinski definition) is 1. The van der Waals surface area contributed by atoms with Gasteiger partial charge in [0, 0.05) is 25.6 Å². The van der Waals surface area contributed by atoms with Gasteiger partial charge >= 0.3 is 0 Å². The van der Waals surface area contributed by atoms with E-state index < -0.39 is 10.0 Å². The van der Waals surface area contributed by atoms with Gasteiger partial charge in [0.15, 0.2) is 0 Å². The van der Waals surface area contributed by atoms with E-state index in [0.717, 1.165) is 11.3 Å². The van der Waals surface area contributed by atoms with Gasteiger partial charge in [0.25, 0.3) is 0 Å². The highest BCUT2D eigenvalue weighted by atomic mass is 32.2. The van der Waals surface area contributed by atoms with Gasteiger partial charge in [-0.3, -0.25) is 4.79 Å². The molecule has 8 heteroatoms. The van der Waals surface area contributed by atoms with Crippen LogP contribution in [-0.4, -0.2) is 44.9 Å². The van der Waals surface area contributed by atoms with Crippen molar-refractivity contribution in [2.24, 2.45) is 5.92 Å². The van der Waals surface area contributed by atoms with Crippen molar-refractivity contribution in [2.45, 2.75) is 44.2 Å². The van der Waals surface area contributed by atoms with E-state index in [0.29, 0.717) is 38.2 Å². The molecule has 1 aliphatic rings. The Bertz CT molecular complexity index is 964. The van der Waals surface area contributed by atoms with Gasteiger partial charge in [0.05, 0.1) is 18.1 Å². The minimum absolute atomic E-state index is 0.0380. The van der Waals surface area contributed by atoms with Crippen molar-refractivity contribution in [1.82, 2.24) is 9.62 Å². The lowest BCUT2D eigenvalue weighted by atomic mass is 9.97. The standard InChI is InChI=1S/C23H30N2O5S/c1-17(2)30-21-6-4-18(5-7-21)16-24-23(26)19-12-14-25(15-13-19)31(27,28)22-10-8-20(29-3)9-11-22/h4-11,17,19H,12-16H2,1-3H3,(H,24,26). The SMILES string of the molecule is COc1ccc(S(=O)(=O)N2CCC(C(=O)NCc3ccc(OC(C)C)cc3)CC2)cc1. The summed E-state index contributed by atoms with van der Waals surface area (Å²) in [6, 6.07) is 14.0. The van der Waals surface area contributed by atoms with Gasteiger partial charge in [-0.05, 0) is 68.7 Å². The summed E-state index contributed by atoms with van der Waals surface area (Å²) in [5, 5.41) is 2.97. The molecule has 1 fully saturated rings. The first-order valence-electron chi connectivity index (χ1n) is 10.5. The zero-order valence-electron chi connectivity index (χ0n) is 18.2. The Morgan fingerprint density at radius 3 is 2.16 bits per heavy atom. The first kappa shape index (κ1) is 23.1. The lowest BCUT2D eigenvalue weighted by molar-refractivity contribution is -0.126. The maximum Gasteiger partial charge on any atom is 0.243 e. The second kappa shape index (κ2) is 10.2. The highest BCUT2D eigenvalue weighted by Gasteiger charge is 2.32. The van der Waals surface area contributed by atoms with Crippen LogP contribution in [0.2, 0.25) is 0 Å². The van der Waals surface area contributed by atoms with Crippen LogP contribution in [0.3, 0.4) is 0 Å². The van der Waals surface area contributed by atoms with E-state index in [9.17, 15) is 13.2 Å². The van der Waals surface area contributed by atoms with Crippen LogP contribution < -0.4 is 14.8 Å². The minimum atomic E-state index is -3.57. The zero-order chi connectivity index (χ0) is 22.4. The number of nitrogens with one attached hydrogen (secondary N) is 1. The third-order valence-corrected chi connectivity index (χ3v) is 7.20. The number of piperidine rings is 1. The number of carbonyl (C=O) groups is 1. The normalized spacial score (nSPS) is 15.6. The maximum atomic E-state index is 12.8. The Morgan fingerprint density at radius 1 is 1.03 bits per heavy atom. The smallest absolute Gasteiger partial charge is 0.243 e. The fourth-order valence-electron chi connectivity index (χ4n) is 3.55. The predicted molar refractivity (Wildman–Crippen MR) is 119 cm³/mol. The number of methoxy groups -OCH3 is 1. The third kappa shape index (κ3) is 5.98. The number of carbonyl (C=O) groups excluding carboxylic acids is 1. The second-order valence-electron chi connectivity index (χ2n) is 7.88. The molecule has 0 bridgehead atoms. The number of sulfonamides is 1. The van der Waals surface area contributed by atoms with E-state index in [1.807, 2.05) is 38.1 Å². The van der Waals surface area contributed by atoms with Crippen molar-refractivity contribution in [3.63, 3.8) is 0 Å². The van der Waals surface area contributed by atoms with Gasteiger partial charge in [-0.25, -0.2) is 8.42 Å². The fraction of sp³-hybridized carbons (Fsp3) is 0.435. The van der Waals surface area contributed by atoms with Crippen LogP contribution in [0.15, 0.2) is 53.4 Å². The number of hydrogen-bond acceptors (Lipinski definition) is 5. The molecule has 2 aromatic carbocycles. The highest BCUT2D eigenvalue weighted by Crippen LogP contribution is 2.25. The molecule has 0 unspecified atom stereocenters. The van der Waals surface area contributed by atoms with Gasteiger partial charge in [-0.2, -0.15) is 4.31 Å². The predicted octanol–water partition coefficient (Wildman–Crippen LogP) is 3.20. The average Bonchev–Trinajstić information content (AvgIpc) is 2.78. The summed E-state index contributed by atoms with van der Waals surface area (Å²) < 4.78 is 37.8. The van der Waals surface area contributed by atoms with E-state index >= 15 is 0 Å². The maximum absolute atomic E-state index is 12.8. The molecule has 3 rings (SSSR count). The number of amides is 1. The van der Waals surface area contributed by atoms with Crippen LogP contribution in [0.4, 0.5) is 0 Å². The number of nitrogens with zero attached hydrogens (tertiary/aromatic N) is 1. The molecule has 0 saturated carbocycles. The van der Waals surface area contributed by atoms with E-state index in [1.54, 1.807) is 24.3 Å². The summed E-state index contributed by atoms with van der Waals surface area (Å²) >= 11 is 0. The van der Waals surface area contributed by atoms with E-state index in [2.05, 4.69) is 5.32 Å². The monoisotopic (exact) mass is 446 g/mol. The molecule has 1 amide bonds. The molecule has 0 radical (unpaired) electrons. The van der Waals surface area contributed by atoms with Crippen LogP contribution in [0, 0.1) is 5.92 Å². The lowest BCUT2D eigenvalue weighted by Crippen LogP contribution is -2.42. The molecule has 1 N–H and O–H groups in total. The molecule has 1 heterocycles. The third-order valence-electron chi connectivity index (χ3n) is 5.28. The lowest BCUT2D eigenvalue weighted by Gasteiger charge is -2.30. The van der Waals surface area contributed by atoms with E-state index in [1.165, 1.54) is 11.4 Å². The average molecular weight is 447 g/mol. The molecular weight excluding hydrogens is 416 g/mol. The molecule has 0 aromatic heterocycles. The molecule has 1 saturated heterocycles. The van der Waals surface area contributed by atoms with Crippen molar-refractivity contribution in [3.05, 3.63) is 54.1 Å². The largest absolute Gasteiger partial charge is 0.497 e. The molecule has 31 heavy (non-hydrogen) atoms. The summed E-state index contributed by atoms with van der Waals surface area (Å²) in [5.74, 6) is 1.18. The van der Waals surface area contributed by atoms with Crippen LogP contribution in [0.25, 0.3) is 0 Å². The molecule has 168 valence electrons. The van der Waals surface area contributed by atoms with Gasteiger partial charge < -0.3 is 14.8 Å². The first-order valence-corrected chi connectivity index (χ1v) is 11.9. The summed E-state index contributed by atoms with van der Waals surface area (Å²) in [6.07, 6.45) is 1.12. The summed E-state index contributed by atoms with van der Waals surface area (Å²) in [4.78, 5) is 12.8. The van der Waals surface area contributed by atoms with Crippen LogP contribution in [-0.2, 0) is 21.4 Å². The Hall–Kier alpha value is -2.58. The summed E-state index contributed by atoms with van der Waals surface area (Å²) in [5.41, 5.74) is 0.990. The van der Waals surface area contributed by atoms with Crippen molar-refractivity contribution in [2.75, 3.05) is 20.2 Å². The molecule has 0 atom stereocenters. The van der Waals surface area contributed by atoms with Crippen molar-refractivity contribution < 1.29 is 22.7 Å². The summed E-state index contributed by atoms with van der Waals surface area (Å²) in [6.45, 7) is 5.04. The topological polar surface area (TPSA) is 84.9 Å². The molecule has 7 nitrogen and oxygen atoms in total. The van der Waals surface area contributed by atoms with Crippen molar-refractivity contribution in [1.29, 1.82) is 0 Å².